The fraction of sp³-hybridized carbons (Fsp3) is 0.474. The van der Waals surface area contributed by atoms with E-state index in [1.165, 1.54) is 35.4 Å². The number of urea groups is 1. The normalized spacial score (nSPS) is 20.4. The van der Waals surface area contributed by atoms with Crippen LogP contribution in [0.15, 0.2) is 35.9 Å². The summed E-state index contributed by atoms with van der Waals surface area (Å²) in [4.78, 5) is 25.7. The van der Waals surface area contributed by atoms with E-state index in [9.17, 15) is 14.0 Å². The van der Waals surface area contributed by atoms with Crippen LogP contribution < -0.4 is 15.5 Å². The van der Waals surface area contributed by atoms with Gasteiger partial charge in [-0.1, -0.05) is 17.7 Å². The molecule has 1 unspecified atom stereocenters. The number of hydrogen-bond acceptors (Lipinski definition) is 2. The van der Waals surface area contributed by atoms with E-state index >= 15 is 0 Å². The molecule has 1 fully saturated rings. The Kier molecular flexibility index (Phi) is 5.68. The molecule has 1 saturated heterocycles. The molecule has 5 nitrogen and oxygen atoms in total. The van der Waals surface area contributed by atoms with Crippen LogP contribution >= 0.6 is 0 Å². The third kappa shape index (κ3) is 4.81. The molecule has 2 aliphatic rings. The number of carbonyl (C=O) groups is 2. The van der Waals surface area contributed by atoms with Gasteiger partial charge in [-0.2, -0.15) is 0 Å². The molecule has 3 rings (SSSR count). The summed E-state index contributed by atoms with van der Waals surface area (Å²) in [5, 5.41) is 5.69. The monoisotopic (exact) mass is 345 g/mol. The molecule has 1 aromatic rings. The number of nitrogens with one attached hydrogen (secondary N) is 2. The number of amides is 3. The van der Waals surface area contributed by atoms with Gasteiger partial charge in [-0.15, -0.1) is 0 Å². The van der Waals surface area contributed by atoms with E-state index in [0.29, 0.717) is 18.8 Å². The second kappa shape index (κ2) is 8.14. The van der Waals surface area contributed by atoms with Crippen molar-refractivity contribution >= 4 is 17.6 Å². The lowest BCUT2D eigenvalue weighted by Gasteiger charge is -2.18. The van der Waals surface area contributed by atoms with Gasteiger partial charge in [0.2, 0.25) is 5.91 Å². The molecule has 1 heterocycles. The molecule has 0 bridgehead atoms. The Hall–Kier alpha value is -2.37. The van der Waals surface area contributed by atoms with Crippen molar-refractivity contribution in [2.24, 2.45) is 0 Å². The predicted molar refractivity (Wildman–Crippen MR) is 94.9 cm³/mol. The molecule has 0 spiro atoms. The van der Waals surface area contributed by atoms with Gasteiger partial charge in [0.1, 0.15) is 5.82 Å². The van der Waals surface area contributed by atoms with Gasteiger partial charge in [0.25, 0.3) is 0 Å². The topological polar surface area (TPSA) is 61.4 Å². The molecule has 2 N–H and O–H groups in total. The Bertz CT molecular complexity index is 674. The first-order chi connectivity index (χ1) is 12.1. The summed E-state index contributed by atoms with van der Waals surface area (Å²) in [5.41, 5.74) is 1.94. The molecule has 1 atom stereocenters. The average Bonchev–Trinajstić information content (AvgIpc) is 2.96. The van der Waals surface area contributed by atoms with Crippen LogP contribution in [0.4, 0.5) is 14.9 Å². The smallest absolute Gasteiger partial charge is 0.315 e. The second-order valence-electron chi connectivity index (χ2n) is 6.64. The lowest BCUT2D eigenvalue weighted by atomic mass is 9.97. The standard InChI is InChI=1S/C19H24FN3O2/c20-15-7-4-8-17(11-15)23-13-16(12-18(23)24)22-19(25)21-10-9-14-5-2-1-3-6-14/h4-5,7-8,11,16H,1-3,6,9-10,12-13H2,(H2,21,22,25). The van der Waals surface area contributed by atoms with Gasteiger partial charge >= 0.3 is 6.03 Å². The molecule has 134 valence electrons. The quantitative estimate of drug-likeness (QED) is 0.806. The van der Waals surface area contributed by atoms with E-state index in [2.05, 4.69) is 16.7 Å². The van der Waals surface area contributed by atoms with Crippen LogP contribution in [-0.2, 0) is 4.79 Å². The predicted octanol–water partition coefficient (Wildman–Crippen LogP) is 3.12. The van der Waals surface area contributed by atoms with E-state index in [-0.39, 0.29) is 30.2 Å². The Balaban J connectivity index is 1.44. The van der Waals surface area contributed by atoms with Crippen LogP contribution in [0.5, 0.6) is 0 Å². The van der Waals surface area contributed by atoms with E-state index in [1.54, 1.807) is 12.1 Å². The zero-order valence-corrected chi connectivity index (χ0v) is 14.3. The van der Waals surface area contributed by atoms with Crippen molar-refractivity contribution in [1.82, 2.24) is 10.6 Å². The molecule has 1 aliphatic heterocycles. The number of carbonyl (C=O) groups excluding carboxylic acids is 2. The first-order valence-electron chi connectivity index (χ1n) is 8.90. The first kappa shape index (κ1) is 17.5. The summed E-state index contributed by atoms with van der Waals surface area (Å²) in [7, 11) is 0. The summed E-state index contributed by atoms with van der Waals surface area (Å²) in [5.74, 6) is -0.486. The summed E-state index contributed by atoms with van der Waals surface area (Å²) in [6.07, 6.45) is 8.15. The van der Waals surface area contributed by atoms with E-state index in [0.717, 1.165) is 19.3 Å². The maximum atomic E-state index is 13.3. The van der Waals surface area contributed by atoms with Gasteiger partial charge in [0.05, 0.1) is 6.04 Å². The highest BCUT2D eigenvalue weighted by Gasteiger charge is 2.31. The lowest BCUT2D eigenvalue weighted by Crippen LogP contribution is -2.43. The Morgan fingerprint density at radius 1 is 1.32 bits per heavy atom. The fourth-order valence-electron chi connectivity index (χ4n) is 3.40. The Labute approximate surface area is 147 Å². The van der Waals surface area contributed by atoms with Crippen LogP contribution in [0.2, 0.25) is 0 Å². The number of nitrogens with zero attached hydrogens (tertiary/aromatic N) is 1. The van der Waals surface area contributed by atoms with E-state index in [4.69, 9.17) is 0 Å². The zero-order chi connectivity index (χ0) is 17.6. The van der Waals surface area contributed by atoms with Crippen molar-refractivity contribution < 1.29 is 14.0 Å². The van der Waals surface area contributed by atoms with Crippen LogP contribution in [0.3, 0.4) is 0 Å². The van der Waals surface area contributed by atoms with Gasteiger partial charge in [0.15, 0.2) is 0 Å². The summed E-state index contributed by atoms with van der Waals surface area (Å²) in [6.45, 7) is 0.965. The molecule has 0 radical (unpaired) electrons. The highest BCUT2D eigenvalue weighted by Crippen LogP contribution is 2.22. The minimum Gasteiger partial charge on any atom is -0.338 e. The minimum absolute atomic E-state index is 0.108. The van der Waals surface area contributed by atoms with Crippen molar-refractivity contribution in [2.45, 2.75) is 44.6 Å². The first-order valence-corrected chi connectivity index (χ1v) is 8.90. The van der Waals surface area contributed by atoms with Crippen LogP contribution in [0.25, 0.3) is 0 Å². The van der Waals surface area contributed by atoms with Crippen molar-refractivity contribution in [2.75, 3.05) is 18.0 Å². The van der Waals surface area contributed by atoms with Gasteiger partial charge in [0, 0.05) is 25.2 Å². The molecular weight excluding hydrogens is 321 g/mol. The number of rotatable bonds is 5. The molecule has 0 saturated carbocycles. The van der Waals surface area contributed by atoms with E-state index in [1.807, 2.05) is 0 Å². The SMILES string of the molecule is O=C(NCCC1=CCCCC1)NC1CC(=O)N(c2cccc(F)c2)C1. The maximum absolute atomic E-state index is 13.3. The largest absolute Gasteiger partial charge is 0.338 e. The number of halogens is 1. The number of anilines is 1. The van der Waals surface area contributed by atoms with Crippen LogP contribution in [-0.4, -0.2) is 31.1 Å². The molecular formula is C19H24FN3O2. The second-order valence-corrected chi connectivity index (χ2v) is 6.64. The van der Waals surface area contributed by atoms with Gasteiger partial charge in [-0.25, -0.2) is 9.18 Å². The Morgan fingerprint density at radius 3 is 2.96 bits per heavy atom. The number of hydrogen-bond donors (Lipinski definition) is 2. The Morgan fingerprint density at radius 2 is 2.20 bits per heavy atom. The van der Waals surface area contributed by atoms with Crippen molar-refractivity contribution in [1.29, 1.82) is 0 Å². The molecule has 0 aromatic heterocycles. The summed E-state index contributed by atoms with van der Waals surface area (Å²) < 4.78 is 13.3. The van der Waals surface area contributed by atoms with Crippen molar-refractivity contribution in [3.8, 4) is 0 Å². The van der Waals surface area contributed by atoms with Gasteiger partial charge in [-0.3, -0.25) is 4.79 Å². The van der Waals surface area contributed by atoms with Crippen molar-refractivity contribution in [3.05, 3.63) is 41.7 Å². The van der Waals surface area contributed by atoms with Crippen molar-refractivity contribution in [3.63, 3.8) is 0 Å². The third-order valence-corrected chi connectivity index (χ3v) is 4.70. The minimum atomic E-state index is -0.378. The molecule has 1 aliphatic carbocycles. The van der Waals surface area contributed by atoms with E-state index < -0.39 is 0 Å². The number of benzene rings is 1. The lowest BCUT2D eigenvalue weighted by molar-refractivity contribution is -0.117. The molecule has 25 heavy (non-hydrogen) atoms. The third-order valence-electron chi connectivity index (χ3n) is 4.70. The van der Waals surface area contributed by atoms with Crippen LogP contribution in [0, 0.1) is 5.82 Å². The average molecular weight is 345 g/mol. The highest BCUT2D eigenvalue weighted by molar-refractivity contribution is 5.96. The fourth-order valence-corrected chi connectivity index (χ4v) is 3.40. The van der Waals surface area contributed by atoms with Crippen LogP contribution in [0.1, 0.15) is 38.5 Å². The highest BCUT2D eigenvalue weighted by atomic mass is 19.1. The number of allylic oxidation sites excluding steroid dienone is 1. The maximum Gasteiger partial charge on any atom is 0.315 e. The molecule has 3 amide bonds. The summed E-state index contributed by atoms with van der Waals surface area (Å²) >= 11 is 0. The molecule has 1 aromatic carbocycles. The summed E-state index contributed by atoms with van der Waals surface area (Å²) in [6, 6.07) is 5.43. The van der Waals surface area contributed by atoms with Gasteiger partial charge in [-0.05, 0) is 50.3 Å². The molecule has 6 heteroatoms. The van der Waals surface area contributed by atoms with Gasteiger partial charge < -0.3 is 15.5 Å². The zero-order valence-electron chi connectivity index (χ0n) is 14.3.